The van der Waals surface area contributed by atoms with E-state index >= 15 is 0 Å². The highest BCUT2D eigenvalue weighted by Gasteiger charge is 2.27. The van der Waals surface area contributed by atoms with Crippen molar-refractivity contribution in [3.63, 3.8) is 0 Å². The van der Waals surface area contributed by atoms with Crippen molar-refractivity contribution < 1.29 is 9.32 Å². The molecule has 7 heteroatoms. The summed E-state index contributed by atoms with van der Waals surface area (Å²) < 4.78 is 5.20. The minimum atomic E-state index is 0.0467. The van der Waals surface area contributed by atoms with Crippen LogP contribution in [0.15, 0.2) is 41.4 Å². The molecule has 138 valence electrons. The van der Waals surface area contributed by atoms with Gasteiger partial charge in [0.25, 0.3) is 5.91 Å². The molecule has 0 N–H and O–H groups in total. The zero-order valence-corrected chi connectivity index (χ0v) is 15.4. The summed E-state index contributed by atoms with van der Waals surface area (Å²) in [6, 6.07) is 3.60. The van der Waals surface area contributed by atoms with E-state index in [9.17, 15) is 4.79 Å². The average Bonchev–Trinajstić information content (AvgIpc) is 3.29. The lowest BCUT2D eigenvalue weighted by Crippen LogP contribution is -2.29. The quantitative estimate of drug-likeness (QED) is 0.709. The molecule has 1 aliphatic rings. The molecule has 0 spiro atoms. The van der Waals surface area contributed by atoms with E-state index in [-0.39, 0.29) is 5.91 Å². The zero-order chi connectivity index (χ0) is 18.8. The molecule has 0 aliphatic carbocycles. The van der Waals surface area contributed by atoms with Gasteiger partial charge in [0.1, 0.15) is 5.76 Å². The number of likely N-dealkylation sites (tertiary alicyclic amines) is 1. The highest BCUT2D eigenvalue weighted by molar-refractivity contribution is 5.94. The maximum Gasteiger partial charge on any atom is 0.255 e. The third-order valence-corrected chi connectivity index (χ3v) is 4.97. The fourth-order valence-corrected chi connectivity index (χ4v) is 3.59. The summed E-state index contributed by atoms with van der Waals surface area (Å²) in [7, 11) is 0. The van der Waals surface area contributed by atoms with Gasteiger partial charge < -0.3 is 9.42 Å². The lowest BCUT2D eigenvalue weighted by atomic mass is 10.0. The van der Waals surface area contributed by atoms with E-state index in [1.165, 1.54) is 0 Å². The van der Waals surface area contributed by atoms with Gasteiger partial charge in [-0.05, 0) is 44.7 Å². The standard InChI is InChI=1S/C20H21N5O2/c1-13-19(14(2)27-24-13)18-11-22-17(10-23-18)8-15-5-7-25(12-15)20(26)16-4-3-6-21-9-16/h3-4,6,9-11,15H,5,7-8,12H2,1-2H3. The van der Waals surface area contributed by atoms with Crippen LogP contribution in [-0.4, -0.2) is 44.0 Å². The summed E-state index contributed by atoms with van der Waals surface area (Å²) in [4.78, 5) is 27.6. The molecular formula is C20H21N5O2. The second kappa shape index (κ2) is 7.26. The van der Waals surface area contributed by atoms with E-state index in [2.05, 4.69) is 20.1 Å². The Morgan fingerprint density at radius 2 is 2.15 bits per heavy atom. The van der Waals surface area contributed by atoms with Gasteiger partial charge in [-0.2, -0.15) is 0 Å². The average molecular weight is 363 g/mol. The molecule has 0 radical (unpaired) electrons. The molecule has 3 aromatic rings. The second-order valence-corrected chi connectivity index (χ2v) is 6.94. The number of nitrogens with zero attached hydrogens (tertiary/aromatic N) is 5. The minimum absolute atomic E-state index is 0.0467. The smallest absolute Gasteiger partial charge is 0.255 e. The Morgan fingerprint density at radius 1 is 1.26 bits per heavy atom. The van der Waals surface area contributed by atoms with Crippen molar-refractivity contribution in [3.8, 4) is 11.3 Å². The van der Waals surface area contributed by atoms with Gasteiger partial charge in [0, 0.05) is 31.7 Å². The largest absolute Gasteiger partial charge is 0.361 e. The first-order valence-electron chi connectivity index (χ1n) is 9.05. The molecule has 1 aliphatic heterocycles. The summed E-state index contributed by atoms with van der Waals surface area (Å²) in [5.74, 6) is 1.19. The fraction of sp³-hybridized carbons (Fsp3) is 0.350. The van der Waals surface area contributed by atoms with Crippen molar-refractivity contribution in [2.75, 3.05) is 13.1 Å². The first-order valence-corrected chi connectivity index (χ1v) is 9.05. The maximum atomic E-state index is 12.5. The van der Waals surface area contributed by atoms with Gasteiger partial charge in [-0.15, -0.1) is 0 Å². The molecule has 1 atom stereocenters. The van der Waals surface area contributed by atoms with E-state index in [4.69, 9.17) is 4.52 Å². The van der Waals surface area contributed by atoms with E-state index in [0.717, 1.165) is 54.3 Å². The number of carbonyl (C=O) groups is 1. The molecule has 3 aromatic heterocycles. The Kier molecular flexibility index (Phi) is 4.66. The number of aryl methyl sites for hydroxylation is 2. The predicted molar refractivity (Wildman–Crippen MR) is 99.0 cm³/mol. The van der Waals surface area contributed by atoms with Crippen LogP contribution in [0.1, 0.15) is 33.9 Å². The molecule has 0 saturated carbocycles. The van der Waals surface area contributed by atoms with E-state index < -0.39 is 0 Å². The summed E-state index contributed by atoms with van der Waals surface area (Å²) in [6.07, 6.45) is 8.66. The summed E-state index contributed by atoms with van der Waals surface area (Å²) in [5.41, 5.74) is 4.07. The van der Waals surface area contributed by atoms with Gasteiger partial charge in [0.05, 0.1) is 34.4 Å². The summed E-state index contributed by atoms with van der Waals surface area (Å²) in [5, 5.41) is 3.96. The predicted octanol–water partition coefficient (Wildman–Crippen LogP) is 2.85. The summed E-state index contributed by atoms with van der Waals surface area (Å²) >= 11 is 0. The number of hydrogen-bond acceptors (Lipinski definition) is 6. The molecule has 0 aromatic carbocycles. The third kappa shape index (κ3) is 3.58. The maximum absolute atomic E-state index is 12.5. The fourth-order valence-electron chi connectivity index (χ4n) is 3.59. The molecule has 27 heavy (non-hydrogen) atoms. The minimum Gasteiger partial charge on any atom is -0.361 e. The van der Waals surface area contributed by atoms with E-state index in [1.54, 1.807) is 24.7 Å². The van der Waals surface area contributed by atoms with Gasteiger partial charge in [0.15, 0.2) is 0 Å². The Hall–Kier alpha value is -3.09. The first kappa shape index (κ1) is 17.3. The van der Waals surface area contributed by atoms with Crippen molar-refractivity contribution >= 4 is 5.91 Å². The summed E-state index contributed by atoms with van der Waals surface area (Å²) in [6.45, 7) is 5.27. The highest BCUT2D eigenvalue weighted by atomic mass is 16.5. The van der Waals surface area contributed by atoms with Crippen LogP contribution in [-0.2, 0) is 6.42 Å². The molecule has 1 amide bonds. The molecular weight excluding hydrogens is 342 g/mol. The van der Waals surface area contributed by atoms with Crippen LogP contribution in [0.3, 0.4) is 0 Å². The van der Waals surface area contributed by atoms with Crippen LogP contribution in [0.2, 0.25) is 0 Å². The number of carbonyl (C=O) groups excluding carboxylic acids is 1. The lowest BCUT2D eigenvalue weighted by Gasteiger charge is -2.16. The van der Waals surface area contributed by atoms with Crippen molar-refractivity contribution in [2.24, 2.45) is 5.92 Å². The zero-order valence-electron chi connectivity index (χ0n) is 15.4. The molecule has 0 bridgehead atoms. The number of amides is 1. The Balaban J connectivity index is 1.40. The second-order valence-electron chi connectivity index (χ2n) is 6.94. The van der Waals surface area contributed by atoms with Crippen LogP contribution >= 0.6 is 0 Å². The van der Waals surface area contributed by atoms with Crippen molar-refractivity contribution in [2.45, 2.75) is 26.7 Å². The highest BCUT2D eigenvalue weighted by Crippen LogP contribution is 2.25. The SMILES string of the molecule is Cc1noc(C)c1-c1cnc(CC2CCN(C(=O)c3cccnc3)C2)cn1. The van der Waals surface area contributed by atoms with Crippen LogP contribution in [0.4, 0.5) is 0 Å². The molecule has 7 nitrogen and oxygen atoms in total. The Morgan fingerprint density at radius 3 is 2.81 bits per heavy atom. The number of hydrogen-bond donors (Lipinski definition) is 0. The van der Waals surface area contributed by atoms with Crippen LogP contribution < -0.4 is 0 Å². The van der Waals surface area contributed by atoms with Gasteiger partial charge in [-0.25, -0.2) is 0 Å². The number of rotatable bonds is 4. The van der Waals surface area contributed by atoms with Crippen LogP contribution in [0, 0.1) is 19.8 Å². The first-order chi connectivity index (χ1) is 13.1. The molecule has 1 saturated heterocycles. The number of aromatic nitrogens is 4. The van der Waals surface area contributed by atoms with Gasteiger partial charge in [-0.1, -0.05) is 5.16 Å². The third-order valence-electron chi connectivity index (χ3n) is 4.97. The lowest BCUT2D eigenvalue weighted by molar-refractivity contribution is 0.0786. The van der Waals surface area contributed by atoms with Gasteiger partial charge >= 0.3 is 0 Å². The van der Waals surface area contributed by atoms with Gasteiger partial charge in [0.2, 0.25) is 0 Å². The number of pyridine rings is 1. The Labute approximate surface area is 157 Å². The molecule has 4 rings (SSSR count). The van der Waals surface area contributed by atoms with Crippen LogP contribution in [0.25, 0.3) is 11.3 Å². The normalized spacial score (nSPS) is 16.7. The van der Waals surface area contributed by atoms with E-state index in [0.29, 0.717) is 11.5 Å². The Bertz CT molecular complexity index is 917. The molecule has 1 unspecified atom stereocenters. The van der Waals surface area contributed by atoms with Crippen molar-refractivity contribution in [1.29, 1.82) is 0 Å². The van der Waals surface area contributed by atoms with Crippen LogP contribution in [0.5, 0.6) is 0 Å². The molecule has 4 heterocycles. The molecule has 1 fully saturated rings. The topological polar surface area (TPSA) is 85.0 Å². The van der Waals surface area contributed by atoms with Crippen molar-refractivity contribution in [1.82, 2.24) is 25.0 Å². The van der Waals surface area contributed by atoms with E-state index in [1.807, 2.05) is 31.0 Å². The van der Waals surface area contributed by atoms with Crippen molar-refractivity contribution in [3.05, 3.63) is 59.6 Å². The van der Waals surface area contributed by atoms with Gasteiger partial charge in [-0.3, -0.25) is 19.7 Å². The monoisotopic (exact) mass is 363 g/mol.